The van der Waals surface area contributed by atoms with E-state index in [0.29, 0.717) is 0 Å². The smallest absolute Gasteiger partial charge is 0.264 e. The molecular formula is C13H16BrNO2. The quantitative estimate of drug-likeness (QED) is 0.858. The number of amides is 1. The highest BCUT2D eigenvalue weighted by Crippen LogP contribution is 2.39. The summed E-state index contributed by atoms with van der Waals surface area (Å²) in [4.78, 5) is 13.2. The molecule has 1 aromatic rings. The molecule has 0 radical (unpaired) electrons. The van der Waals surface area contributed by atoms with Crippen molar-refractivity contribution < 1.29 is 9.53 Å². The molecule has 2 rings (SSSR count). The van der Waals surface area contributed by atoms with Crippen molar-refractivity contribution in [3.8, 4) is 5.75 Å². The second kappa shape index (κ2) is 5.08. The molecule has 1 aromatic carbocycles. The SMILES string of the molecule is CCCCc1cc(Br)c2c(c1)N(C)C(=O)CO2. The third-order valence-electron chi connectivity index (χ3n) is 2.98. The highest BCUT2D eigenvalue weighted by atomic mass is 79.9. The lowest BCUT2D eigenvalue weighted by Gasteiger charge is -2.27. The van der Waals surface area contributed by atoms with Gasteiger partial charge in [0.1, 0.15) is 0 Å². The summed E-state index contributed by atoms with van der Waals surface area (Å²) in [5.41, 5.74) is 2.10. The largest absolute Gasteiger partial charge is 0.480 e. The fraction of sp³-hybridized carbons (Fsp3) is 0.462. The second-order valence-electron chi connectivity index (χ2n) is 4.27. The number of hydrogen-bond acceptors (Lipinski definition) is 2. The van der Waals surface area contributed by atoms with Gasteiger partial charge in [0.25, 0.3) is 5.91 Å². The van der Waals surface area contributed by atoms with Gasteiger partial charge >= 0.3 is 0 Å². The maximum absolute atomic E-state index is 11.6. The summed E-state index contributed by atoms with van der Waals surface area (Å²) >= 11 is 3.51. The molecule has 0 spiro atoms. The molecule has 1 aliphatic heterocycles. The number of benzene rings is 1. The Morgan fingerprint density at radius 3 is 2.94 bits per heavy atom. The van der Waals surface area contributed by atoms with Crippen molar-refractivity contribution in [2.24, 2.45) is 0 Å². The molecule has 1 aliphatic rings. The van der Waals surface area contributed by atoms with Crippen molar-refractivity contribution in [3.05, 3.63) is 22.2 Å². The number of hydrogen-bond donors (Lipinski definition) is 0. The summed E-state index contributed by atoms with van der Waals surface area (Å²) in [6.45, 7) is 2.29. The Labute approximate surface area is 110 Å². The number of ether oxygens (including phenoxy) is 1. The van der Waals surface area contributed by atoms with E-state index in [9.17, 15) is 4.79 Å². The Kier molecular flexibility index (Phi) is 3.72. The lowest BCUT2D eigenvalue weighted by atomic mass is 10.1. The number of likely N-dealkylation sites (N-methyl/N-ethyl adjacent to an activating group) is 1. The van der Waals surface area contributed by atoms with Crippen LogP contribution < -0.4 is 9.64 Å². The normalized spacial score (nSPS) is 14.5. The molecule has 0 aliphatic carbocycles. The van der Waals surface area contributed by atoms with Gasteiger partial charge in [0.2, 0.25) is 0 Å². The number of unbranched alkanes of at least 4 members (excludes halogenated alkanes) is 1. The molecule has 1 heterocycles. The van der Waals surface area contributed by atoms with Crippen molar-refractivity contribution in [1.82, 2.24) is 0 Å². The van der Waals surface area contributed by atoms with Crippen LogP contribution in [0.4, 0.5) is 5.69 Å². The van der Waals surface area contributed by atoms with Crippen molar-refractivity contribution in [2.75, 3.05) is 18.6 Å². The van der Waals surface area contributed by atoms with Gasteiger partial charge in [-0.3, -0.25) is 4.79 Å². The summed E-state index contributed by atoms with van der Waals surface area (Å²) in [5.74, 6) is 0.768. The molecule has 4 heteroatoms. The average molecular weight is 298 g/mol. The number of rotatable bonds is 3. The highest BCUT2D eigenvalue weighted by Gasteiger charge is 2.24. The first-order chi connectivity index (χ1) is 8.13. The lowest BCUT2D eigenvalue weighted by Crippen LogP contribution is -2.35. The van der Waals surface area contributed by atoms with E-state index >= 15 is 0 Å². The standard InChI is InChI=1S/C13H16BrNO2/c1-3-4-5-9-6-10(14)13-11(7-9)15(2)12(16)8-17-13/h6-7H,3-5,8H2,1-2H3. The van der Waals surface area contributed by atoms with Gasteiger partial charge in [0.15, 0.2) is 12.4 Å². The maximum atomic E-state index is 11.6. The van der Waals surface area contributed by atoms with Gasteiger partial charge < -0.3 is 9.64 Å². The zero-order valence-corrected chi connectivity index (χ0v) is 11.7. The van der Waals surface area contributed by atoms with E-state index in [2.05, 4.69) is 28.9 Å². The van der Waals surface area contributed by atoms with Crippen LogP contribution in [0.2, 0.25) is 0 Å². The Bertz CT molecular complexity index is 445. The van der Waals surface area contributed by atoms with Gasteiger partial charge in [-0.1, -0.05) is 13.3 Å². The molecule has 3 nitrogen and oxygen atoms in total. The number of halogens is 1. The second-order valence-corrected chi connectivity index (χ2v) is 5.13. The van der Waals surface area contributed by atoms with E-state index in [4.69, 9.17) is 4.74 Å². The van der Waals surface area contributed by atoms with Gasteiger partial charge in [0.05, 0.1) is 10.2 Å². The Morgan fingerprint density at radius 2 is 2.24 bits per heavy atom. The molecule has 0 saturated carbocycles. The van der Waals surface area contributed by atoms with Gasteiger partial charge in [-0.2, -0.15) is 0 Å². The van der Waals surface area contributed by atoms with Crippen molar-refractivity contribution in [1.29, 1.82) is 0 Å². The van der Waals surface area contributed by atoms with Gasteiger partial charge in [-0.05, 0) is 46.5 Å². The molecule has 92 valence electrons. The minimum absolute atomic E-state index is 0.00274. The van der Waals surface area contributed by atoms with Crippen LogP contribution >= 0.6 is 15.9 Å². The number of anilines is 1. The third kappa shape index (κ3) is 2.46. The third-order valence-corrected chi connectivity index (χ3v) is 3.57. The summed E-state index contributed by atoms with van der Waals surface area (Å²) in [7, 11) is 1.79. The Morgan fingerprint density at radius 1 is 1.47 bits per heavy atom. The number of carbonyl (C=O) groups excluding carboxylic acids is 1. The molecule has 0 unspecified atom stereocenters. The molecule has 0 N–H and O–H groups in total. The number of fused-ring (bicyclic) bond motifs is 1. The van der Waals surface area contributed by atoms with Crippen molar-refractivity contribution in [3.63, 3.8) is 0 Å². The molecule has 0 atom stereocenters. The summed E-state index contributed by atoms with van der Waals surface area (Å²) in [5, 5.41) is 0. The molecule has 1 amide bonds. The topological polar surface area (TPSA) is 29.5 Å². The summed E-state index contributed by atoms with van der Waals surface area (Å²) in [6, 6.07) is 4.13. The molecule has 0 saturated heterocycles. The molecular weight excluding hydrogens is 282 g/mol. The van der Waals surface area contributed by atoms with Crippen LogP contribution in [-0.2, 0) is 11.2 Å². The van der Waals surface area contributed by atoms with Crippen LogP contribution in [-0.4, -0.2) is 19.6 Å². The van der Waals surface area contributed by atoms with E-state index in [1.54, 1.807) is 11.9 Å². The Balaban J connectivity index is 2.36. The van der Waals surface area contributed by atoms with Crippen LogP contribution in [0.5, 0.6) is 5.75 Å². The zero-order valence-electron chi connectivity index (χ0n) is 10.1. The monoisotopic (exact) mass is 297 g/mol. The number of aryl methyl sites for hydroxylation is 1. The Hall–Kier alpha value is -1.03. The molecule has 0 fully saturated rings. The van der Waals surface area contributed by atoms with Gasteiger partial charge in [-0.15, -0.1) is 0 Å². The summed E-state index contributed by atoms with van der Waals surface area (Å²) < 4.78 is 6.39. The highest BCUT2D eigenvalue weighted by molar-refractivity contribution is 9.10. The van der Waals surface area contributed by atoms with E-state index in [1.165, 1.54) is 12.0 Å². The predicted octanol–water partition coefficient (Wildman–Crippen LogP) is 3.15. The van der Waals surface area contributed by atoms with Crippen LogP contribution in [0.15, 0.2) is 16.6 Å². The first kappa shape index (κ1) is 12.4. The predicted molar refractivity (Wildman–Crippen MR) is 71.7 cm³/mol. The molecule has 0 aromatic heterocycles. The fourth-order valence-electron chi connectivity index (χ4n) is 1.92. The van der Waals surface area contributed by atoms with E-state index in [1.807, 2.05) is 6.07 Å². The molecule has 0 bridgehead atoms. The lowest BCUT2D eigenvalue weighted by molar-refractivity contribution is -0.121. The molecule has 17 heavy (non-hydrogen) atoms. The average Bonchev–Trinajstić information content (AvgIpc) is 2.32. The van der Waals surface area contributed by atoms with Crippen LogP contribution in [0.1, 0.15) is 25.3 Å². The first-order valence-electron chi connectivity index (χ1n) is 5.85. The van der Waals surface area contributed by atoms with Crippen LogP contribution in [0, 0.1) is 0 Å². The number of carbonyl (C=O) groups is 1. The van der Waals surface area contributed by atoms with Crippen LogP contribution in [0.25, 0.3) is 0 Å². The fourth-order valence-corrected chi connectivity index (χ4v) is 2.53. The van der Waals surface area contributed by atoms with Crippen molar-refractivity contribution >= 4 is 27.5 Å². The van der Waals surface area contributed by atoms with E-state index in [-0.39, 0.29) is 12.5 Å². The maximum Gasteiger partial charge on any atom is 0.264 e. The van der Waals surface area contributed by atoms with Gasteiger partial charge in [0, 0.05) is 7.05 Å². The summed E-state index contributed by atoms with van der Waals surface area (Å²) in [6.07, 6.45) is 3.36. The van der Waals surface area contributed by atoms with Gasteiger partial charge in [-0.25, -0.2) is 0 Å². The number of nitrogens with zero attached hydrogens (tertiary/aromatic N) is 1. The van der Waals surface area contributed by atoms with E-state index < -0.39 is 0 Å². The van der Waals surface area contributed by atoms with E-state index in [0.717, 1.165) is 28.8 Å². The first-order valence-corrected chi connectivity index (χ1v) is 6.64. The minimum Gasteiger partial charge on any atom is -0.480 e. The van der Waals surface area contributed by atoms with Crippen LogP contribution in [0.3, 0.4) is 0 Å². The minimum atomic E-state index is -0.00274. The zero-order chi connectivity index (χ0) is 12.4. The van der Waals surface area contributed by atoms with Crippen molar-refractivity contribution in [2.45, 2.75) is 26.2 Å².